The van der Waals surface area contributed by atoms with Gasteiger partial charge in [-0.25, -0.2) is 4.79 Å². The summed E-state index contributed by atoms with van der Waals surface area (Å²) in [5, 5.41) is 2.74. The molecule has 1 aromatic rings. The summed E-state index contributed by atoms with van der Waals surface area (Å²) in [6.45, 7) is 7.62. The Morgan fingerprint density at radius 3 is 2.19 bits per heavy atom. The molecule has 5 nitrogen and oxygen atoms in total. The van der Waals surface area contributed by atoms with Gasteiger partial charge in [0.15, 0.2) is 0 Å². The molecule has 0 heterocycles. The number of rotatable bonds is 6. The number of hydrogen-bond acceptors (Lipinski definition) is 4. The SMILES string of the molecule is CC(C)CC(N)C(=O)Nc1ccc(C(=O)OC(C)C)cc1. The summed E-state index contributed by atoms with van der Waals surface area (Å²) in [6.07, 6.45) is 0.468. The lowest BCUT2D eigenvalue weighted by Crippen LogP contribution is -2.36. The van der Waals surface area contributed by atoms with Crippen molar-refractivity contribution >= 4 is 17.6 Å². The number of ether oxygens (including phenoxy) is 1. The van der Waals surface area contributed by atoms with Gasteiger partial charge in [0.25, 0.3) is 0 Å². The molecule has 5 heteroatoms. The second kappa shape index (κ2) is 7.78. The summed E-state index contributed by atoms with van der Waals surface area (Å²) in [5.74, 6) is -0.237. The van der Waals surface area contributed by atoms with Crippen LogP contribution in [-0.2, 0) is 9.53 Å². The number of esters is 1. The number of nitrogens with two attached hydrogens (primary N) is 1. The van der Waals surface area contributed by atoms with Gasteiger partial charge < -0.3 is 15.8 Å². The zero-order valence-electron chi connectivity index (χ0n) is 13.1. The summed E-state index contributed by atoms with van der Waals surface area (Å²) in [4.78, 5) is 23.6. The maximum atomic E-state index is 11.9. The van der Waals surface area contributed by atoms with Gasteiger partial charge in [-0.2, -0.15) is 0 Å². The van der Waals surface area contributed by atoms with Crippen LogP contribution in [0, 0.1) is 5.92 Å². The first kappa shape index (κ1) is 17.2. The molecule has 0 aliphatic rings. The monoisotopic (exact) mass is 292 g/mol. The molecule has 0 fully saturated rings. The van der Waals surface area contributed by atoms with Crippen molar-refractivity contribution in [3.63, 3.8) is 0 Å². The van der Waals surface area contributed by atoms with E-state index in [4.69, 9.17) is 10.5 Å². The largest absolute Gasteiger partial charge is 0.459 e. The van der Waals surface area contributed by atoms with Gasteiger partial charge in [0.05, 0.1) is 17.7 Å². The lowest BCUT2D eigenvalue weighted by atomic mass is 10.0. The fourth-order valence-corrected chi connectivity index (χ4v) is 1.82. The van der Waals surface area contributed by atoms with Crippen LogP contribution in [0.1, 0.15) is 44.5 Å². The van der Waals surface area contributed by atoms with Gasteiger partial charge in [-0.3, -0.25) is 4.79 Å². The van der Waals surface area contributed by atoms with Crippen molar-refractivity contribution in [3.05, 3.63) is 29.8 Å². The number of nitrogens with one attached hydrogen (secondary N) is 1. The zero-order valence-corrected chi connectivity index (χ0v) is 13.1. The molecule has 1 atom stereocenters. The predicted molar refractivity (Wildman–Crippen MR) is 83.1 cm³/mol. The first-order valence-electron chi connectivity index (χ1n) is 7.17. The van der Waals surface area contributed by atoms with Gasteiger partial charge in [0, 0.05) is 5.69 Å². The highest BCUT2D eigenvalue weighted by Crippen LogP contribution is 2.12. The minimum atomic E-state index is -0.532. The summed E-state index contributed by atoms with van der Waals surface area (Å²) in [7, 11) is 0. The minimum absolute atomic E-state index is 0.161. The van der Waals surface area contributed by atoms with E-state index in [-0.39, 0.29) is 18.0 Å². The fourth-order valence-electron chi connectivity index (χ4n) is 1.82. The van der Waals surface area contributed by atoms with E-state index in [1.165, 1.54) is 0 Å². The molecule has 0 bridgehead atoms. The number of amides is 1. The van der Waals surface area contributed by atoms with E-state index in [1.807, 2.05) is 13.8 Å². The van der Waals surface area contributed by atoms with E-state index >= 15 is 0 Å². The molecule has 0 aliphatic heterocycles. The van der Waals surface area contributed by atoms with Crippen LogP contribution in [0.4, 0.5) is 5.69 Å². The van der Waals surface area contributed by atoms with Crippen LogP contribution in [0.5, 0.6) is 0 Å². The van der Waals surface area contributed by atoms with Crippen molar-refractivity contribution in [3.8, 4) is 0 Å². The predicted octanol–water partition coefficient (Wildman–Crippen LogP) is 2.56. The molecular weight excluding hydrogens is 268 g/mol. The van der Waals surface area contributed by atoms with Crippen LogP contribution in [-0.4, -0.2) is 24.0 Å². The Bertz CT molecular complexity index is 481. The van der Waals surface area contributed by atoms with E-state index in [9.17, 15) is 9.59 Å². The second-order valence-corrected chi connectivity index (χ2v) is 5.76. The third kappa shape index (κ3) is 5.95. The van der Waals surface area contributed by atoms with Crippen molar-refractivity contribution in [1.29, 1.82) is 0 Å². The summed E-state index contributed by atoms with van der Waals surface area (Å²) in [5.41, 5.74) is 6.88. The van der Waals surface area contributed by atoms with Crippen molar-refractivity contribution in [1.82, 2.24) is 0 Å². The lowest BCUT2D eigenvalue weighted by Gasteiger charge is -2.14. The number of carbonyl (C=O) groups is 2. The van der Waals surface area contributed by atoms with Gasteiger partial charge in [-0.1, -0.05) is 13.8 Å². The first-order chi connectivity index (χ1) is 9.79. The Kier molecular flexibility index (Phi) is 6.37. The highest BCUT2D eigenvalue weighted by molar-refractivity contribution is 5.95. The summed E-state index contributed by atoms with van der Waals surface area (Å²) < 4.78 is 5.09. The fraction of sp³-hybridized carbons (Fsp3) is 0.500. The van der Waals surface area contributed by atoms with Crippen LogP contribution in [0.25, 0.3) is 0 Å². The molecule has 0 saturated carbocycles. The molecule has 116 valence electrons. The van der Waals surface area contributed by atoms with Crippen LogP contribution >= 0.6 is 0 Å². The average Bonchev–Trinajstić information content (AvgIpc) is 2.37. The van der Waals surface area contributed by atoms with Gasteiger partial charge in [0.1, 0.15) is 0 Å². The smallest absolute Gasteiger partial charge is 0.338 e. The molecule has 1 unspecified atom stereocenters. The van der Waals surface area contributed by atoms with E-state index in [1.54, 1.807) is 38.1 Å². The topological polar surface area (TPSA) is 81.4 Å². The van der Waals surface area contributed by atoms with Gasteiger partial charge in [-0.05, 0) is 50.5 Å². The average molecular weight is 292 g/mol. The van der Waals surface area contributed by atoms with Crippen molar-refractivity contribution in [2.45, 2.75) is 46.3 Å². The van der Waals surface area contributed by atoms with Crippen LogP contribution in [0.15, 0.2) is 24.3 Å². The highest BCUT2D eigenvalue weighted by atomic mass is 16.5. The Morgan fingerprint density at radius 1 is 1.14 bits per heavy atom. The van der Waals surface area contributed by atoms with Gasteiger partial charge in [-0.15, -0.1) is 0 Å². The number of carbonyl (C=O) groups excluding carboxylic acids is 2. The Hall–Kier alpha value is -1.88. The standard InChI is InChI=1S/C16H24N2O3/c1-10(2)9-14(17)15(19)18-13-7-5-12(6-8-13)16(20)21-11(3)4/h5-8,10-11,14H,9,17H2,1-4H3,(H,18,19). The molecular formula is C16H24N2O3. The molecule has 0 radical (unpaired) electrons. The molecule has 0 aromatic heterocycles. The van der Waals surface area contributed by atoms with Crippen LogP contribution in [0.3, 0.4) is 0 Å². The highest BCUT2D eigenvalue weighted by Gasteiger charge is 2.15. The maximum Gasteiger partial charge on any atom is 0.338 e. The van der Waals surface area contributed by atoms with E-state index in [2.05, 4.69) is 5.32 Å². The lowest BCUT2D eigenvalue weighted by molar-refractivity contribution is -0.117. The van der Waals surface area contributed by atoms with Crippen molar-refractivity contribution in [2.75, 3.05) is 5.32 Å². The molecule has 0 spiro atoms. The normalized spacial score (nSPS) is 12.3. The molecule has 1 rings (SSSR count). The van der Waals surface area contributed by atoms with Gasteiger partial charge >= 0.3 is 5.97 Å². The zero-order chi connectivity index (χ0) is 16.0. The molecule has 3 N–H and O–H groups in total. The molecule has 1 amide bonds. The van der Waals surface area contributed by atoms with Crippen molar-refractivity contribution in [2.24, 2.45) is 11.7 Å². The third-order valence-electron chi connectivity index (χ3n) is 2.79. The Labute approximate surface area is 125 Å². The summed E-state index contributed by atoms with van der Waals surface area (Å²) in [6, 6.07) is 6.03. The molecule has 0 saturated heterocycles. The number of anilines is 1. The van der Waals surface area contributed by atoms with Crippen LogP contribution < -0.4 is 11.1 Å². The molecule has 1 aromatic carbocycles. The number of benzene rings is 1. The molecule has 0 aliphatic carbocycles. The van der Waals surface area contributed by atoms with Gasteiger partial charge in [0.2, 0.25) is 5.91 Å². The summed E-state index contributed by atoms with van der Waals surface area (Å²) >= 11 is 0. The number of hydrogen-bond donors (Lipinski definition) is 2. The second-order valence-electron chi connectivity index (χ2n) is 5.76. The Balaban J connectivity index is 2.62. The minimum Gasteiger partial charge on any atom is -0.459 e. The van der Waals surface area contributed by atoms with E-state index < -0.39 is 6.04 Å². The van der Waals surface area contributed by atoms with Crippen LogP contribution in [0.2, 0.25) is 0 Å². The first-order valence-corrected chi connectivity index (χ1v) is 7.17. The van der Waals surface area contributed by atoms with Crippen molar-refractivity contribution < 1.29 is 14.3 Å². The Morgan fingerprint density at radius 2 is 1.71 bits per heavy atom. The molecule has 21 heavy (non-hydrogen) atoms. The quantitative estimate of drug-likeness (QED) is 0.790. The maximum absolute atomic E-state index is 11.9. The third-order valence-corrected chi connectivity index (χ3v) is 2.79. The van der Waals surface area contributed by atoms with E-state index in [0.29, 0.717) is 23.6 Å². The van der Waals surface area contributed by atoms with E-state index in [0.717, 1.165) is 0 Å².